The SMILES string of the molecule is COc1ccc(C(=O)Nc2ncc(C3CCNCC3)s2)cc1Br. The summed E-state index contributed by atoms with van der Waals surface area (Å²) in [5.41, 5.74) is 0.566. The second-order valence-electron chi connectivity index (χ2n) is 5.40. The highest BCUT2D eigenvalue weighted by atomic mass is 79.9. The van der Waals surface area contributed by atoms with E-state index in [2.05, 4.69) is 31.5 Å². The number of carbonyl (C=O) groups is 1. The third kappa shape index (κ3) is 3.91. The van der Waals surface area contributed by atoms with Crippen LogP contribution >= 0.6 is 27.3 Å². The van der Waals surface area contributed by atoms with E-state index in [0.717, 1.165) is 30.4 Å². The van der Waals surface area contributed by atoms with Crippen molar-refractivity contribution in [1.82, 2.24) is 10.3 Å². The summed E-state index contributed by atoms with van der Waals surface area (Å²) in [4.78, 5) is 17.9. The van der Waals surface area contributed by atoms with Gasteiger partial charge in [0.2, 0.25) is 0 Å². The lowest BCUT2D eigenvalue weighted by molar-refractivity contribution is 0.102. The number of hydrogen-bond donors (Lipinski definition) is 2. The zero-order valence-electron chi connectivity index (χ0n) is 12.8. The van der Waals surface area contributed by atoms with Gasteiger partial charge >= 0.3 is 0 Å². The number of anilines is 1. The Bertz CT molecular complexity index is 698. The van der Waals surface area contributed by atoms with E-state index in [4.69, 9.17) is 4.74 Å². The summed E-state index contributed by atoms with van der Waals surface area (Å²) in [7, 11) is 1.59. The van der Waals surface area contributed by atoms with E-state index in [1.807, 2.05) is 6.20 Å². The van der Waals surface area contributed by atoms with Crippen LogP contribution in [0.5, 0.6) is 5.75 Å². The van der Waals surface area contributed by atoms with E-state index in [0.29, 0.717) is 22.4 Å². The van der Waals surface area contributed by atoms with Gasteiger partial charge in [0, 0.05) is 16.6 Å². The van der Waals surface area contributed by atoms with Crippen molar-refractivity contribution < 1.29 is 9.53 Å². The lowest BCUT2D eigenvalue weighted by Gasteiger charge is -2.20. The van der Waals surface area contributed by atoms with E-state index in [9.17, 15) is 4.79 Å². The van der Waals surface area contributed by atoms with Crippen LogP contribution in [0, 0.1) is 0 Å². The Morgan fingerprint density at radius 3 is 2.91 bits per heavy atom. The number of piperidine rings is 1. The first-order chi connectivity index (χ1) is 11.2. The molecule has 0 radical (unpaired) electrons. The maximum Gasteiger partial charge on any atom is 0.257 e. The van der Waals surface area contributed by atoms with Crippen LogP contribution in [0.4, 0.5) is 5.13 Å². The molecule has 1 amide bonds. The number of nitrogens with one attached hydrogen (secondary N) is 2. The largest absolute Gasteiger partial charge is 0.496 e. The molecule has 2 heterocycles. The molecular formula is C16H18BrN3O2S. The smallest absolute Gasteiger partial charge is 0.257 e. The minimum absolute atomic E-state index is 0.167. The Morgan fingerprint density at radius 1 is 1.43 bits per heavy atom. The van der Waals surface area contributed by atoms with Crippen LogP contribution < -0.4 is 15.4 Å². The van der Waals surface area contributed by atoms with Gasteiger partial charge in [0.1, 0.15) is 5.75 Å². The van der Waals surface area contributed by atoms with Crippen LogP contribution in [0.25, 0.3) is 0 Å². The highest BCUT2D eigenvalue weighted by molar-refractivity contribution is 9.10. The predicted octanol–water partition coefficient (Wildman–Crippen LogP) is 3.63. The zero-order chi connectivity index (χ0) is 16.2. The van der Waals surface area contributed by atoms with Crippen molar-refractivity contribution in [2.45, 2.75) is 18.8 Å². The van der Waals surface area contributed by atoms with Crippen molar-refractivity contribution in [3.8, 4) is 5.75 Å². The molecule has 7 heteroatoms. The van der Waals surface area contributed by atoms with Crippen molar-refractivity contribution in [2.75, 3.05) is 25.5 Å². The fourth-order valence-electron chi connectivity index (χ4n) is 2.62. The number of ether oxygens (including phenoxy) is 1. The van der Waals surface area contributed by atoms with Gasteiger partial charge in [-0.05, 0) is 66.0 Å². The Balaban J connectivity index is 1.68. The zero-order valence-corrected chi connectivity index (χ0v) is 15.2. The molecule has 2 N–H and O–H groups in total. The van der Waals surface area contributed by atoms with Gasteiger partial charge in [-0.25, -0.2) is 4.98 Å². The van der Waals surface area contributed by atoms with Crippen LogP contribution in [-0.4, -0.2) is 31.1 Å². The average Bonchev–Trinajstić information content (AvgIpc) is 3.04. The Labute approximate surface area is 147 Å². The van der Waals surface area contributed by atoms with Crippen LogP contribution in [0.3, 0.4) is 0 Å². The number of halogens is 1. The minimum Gasteiger partial charge on any atom is -0.496 e. The average molecular weight is 396 g/mol. The summed E-state index contributed by atoms with van der Waals surface area (Å²) in [6.07, 6.45) is 4.14. The first-order valence-electron chi connectivity index (χ1n) is 7.48. The molecule has 3 rings (SSSR count). The van der Waals surface area contributed by atoms with Gasteiger partial charge in [0.25, 0.3) is 5.91 Å². The van der Waals surface area contributed by atoms with Gasteiger partial charge in [-0.15, -0.1) is 11.3 Å². The second kappa shape index (κ2) is 7.42. The Hall–Kier alpha value is -1.44. The number of aromatic nitrogens is 1. The number of methoxy groups -OCH3 is 1. The van der Waals surface area contributed by atoms with Crippen molar-refractivity contribution in [3.63, 3.8) is 0 Å². The minimum atomic E-state index is -0.167. The first kappa shape index (κ1) is 16.4. The second-order valence-corrected chi connectivity index (χ2v) is 7.31. The van der Waals surface area contributed by atoms with E-state index < -0.39 is 0 Å². The standard InChI is InChI=1S/C16H18BrN3O2S/c1-22-13-3-2-11(8-12(13)17)15(21)20-16-19-9-14(23-16)10-4-6-18-7-5-10/h2-3,8-10,18H,4-7H2,1H3,(H,19,20,21). The molecule has 23 heavy (non-hydrogen) atoms. The molecule has 0 aliphatic carbocycles. The third-order valence-electron chi connectivity index (χ3n) is 3.90. The van der Waals surface area contributed by atoms with Gasteiger partial charge in [-0.2, -0.15) is 0 Å². The van der Waals surface area contributed by atoms with Crippen LogP contribution in [0.1, 0.15) is 34.0 Å². The third-order valence-corrected chi connectivity index (χ3v) is 5.59. The van der Waals surface area contributed by atoms with Crippen molar-refractivity contribution in [3.05, 3.63) is 39.3 Å². The molecule has 1 aliphatic rings. The molecule has 1 aliphatic heterocycles. The van der Waals surface area contributed by atoms with Crippen LogP contribution in [0.2, 0.25) is 0 Å². The summed E-state index contributed by atoms with van der Waals surface area (Å²) in [6.45, 7) is 2.09. The van der Waals surface area contributed by atoms with Crippen LogP contribution in [0.15, 0.2) is 28.9 Å². The fourth-order valence-corrected chi connectivity index (χ4v) is 4.14. The number of hydrogen-bond acceptors (Lipinski definition) is 5. The number of carbonyl (C=O) groups excluding carboxylic acids is 1. The summed E-state index contributed by atoms with van der Waals surface area (Å²) >= 11 is 4.96. The van der Waals surface area contributed by atoms with Crippen molar-refractivity contribution in [1.29, 1.82) is 0 Å². The molecular weight excluding hydrogens is 378 g/mol. The van der Waals surface area contributed by atoms with Gasteiger partial charge < -0.3 is 10.1 Å². The molecule has 0 spiro atoms. The van der Waals surface area contributed by atoms with Gasteiger partial charge in [-0.3, -0.25) is 10.1 Å². The lowest BCUT2D eigenvalue weighted by atomic mass is 9.97. The molecule has 0 bridgehead atoms. The molecule has 5 nitrogen and oxygen atoms in total. The summed E-state index contributed by atoms with van der Waals surface area (Å²) < 4.78 is 5.93. The predicted molar refractivity (Wildman–Crippen MR) is 95.6 cm³/mol. The van der Waals surface area contributed by atoms with E-state index >= 15 is 0 Å². The highest BCUT2D eigenvalue weighted by Gasteiger charge is 2.18. The number of thiazole rings is 1. The normalized spacial score (nSPS) is 15.4. The van der Waals surface area contributed by atoms with Crippen LogP contribution in [-0.2, 0) is 0 Å². The molecule has 1 aromatic carbocycles. The first-order valence-corrected chi connectivity index (χ1v) is 9.09. The molecule has 0 saturated carbocycles. The summed E-state index contributed by atoms with van der Waals surface area (Å²) in [5, 5.41) is 6.88. The molecule has 0 unspecified atom stereocenters. The number of nitrogens with zero attached hydrogens (tertiary/aromatic N) is 1. The van der Waals surface area contributed by atoms with E-state index in [-0.39, 0.29) is 5.91 Å². The molecule has 1 fully saturated rings. The fraction of sp³-hybridized carbons (Fsp3) is 0.375. The van der Waals surface area contributed by atoms with Gasteiger partial charge in [-0.1, -0.05) is 0 Å². The maximum absolute atomic E-state index is 12.3. The Morgan fingerprint density at radius 2 is 2.22 bits per heavy atom. The lowest BCUT2D eigenvalue weighted by Crippen LogP contribution is -2.26. The molecule has 0 atom stereocenters. The molecule has 122 valence electrons. The topological polar surface area (TPSA) is 63.2 Å². The van der Waals surface area contributed by atoms with Gasteiger partial charge in [0.15, 0.2) is 5.13 Å². The quantitative estimate of drug-likeness (QED) is 0.829. The molecule has 1 aromatic heterocycles. The number of rotatable bonds is 4. The summed E-state index contributed by atoms with van der Waals surface area (Å²) in [6, 6.07) is 5.25. The molecule has 2 aromatic rings. The summed E-state index contributed by atoms with van der Waals surface area (Å²) in [5.74, 6) is 1.08. The number of benzene rings is 1. The monoisotopic (exact) mass is 395 g/mol. The van der Waals surface area contributed by atoms with Crippen molar-refractivity contribution >= 4 is 38.3 Å². The van der Waals surface area contributed by atoms with E-state index in [1.165, 1.54) is 4.88 Å². The van der Waals surface area contributed by atoms with Gasteiger partial charge in [0.05, 0.1) is 11.6 Å². The highest BCUT2D eigenvalue weighted by Crippen LogP contribution is 2.32. The molecule has 1 saturated heterocycles. The number of amides is 1. The Kier molecular flexibility index (Phi) is 5.30. The maximum atomic E-state index is 12.3. The van der Waals surface area contributed by atoms with Crippen molar-refractivity contribution in [2.24, 2.45) is 0 Å². The van der Waals surface area contributed by atoms with E-state index in [1.54, 1.807) is 36.6 Å².